The van der Waals surface area contributed by atoms with Crippen molar-refractivity contribution in [2.45, 2.75) is 50.9 Å². The van der Waals surface area contributed by atoms with E-state index in [4.69, 9.17) is 4.55 Å². The summed E-state index contributed by atoms with van der Waals surface area (Å²) < 4.78 is 65.8. The smallest absolute Gasteiger partial charge is 0.282 e. The van der Waals surface area contributed by atoms with Crippen LogP contribution in [0.3, 0.4) is 0 Å². The van der Waals surface area contributed by atoms with Crippen LogP contribution in [0, 0.1) is 6.92 Å². The number of aromatic nitrogens is 3. The third kappa shape index (κ3) is 5.27. The first-order chi connectivity index (χ1) is 13.8. The molecule has 168 valence electrons. The standard InChI is InChI=1S/C17H27N5O6S2/c1-11(2)14-9-18-22-15(8-12(3)19-17(14)22)20-13-4-6-21(7-5-13)16(30(26,27)28)10-29(23,24)25/h8-9,11,13,16,20H,4-7,10H2,1-3H3,(H,23,24,25)(H,26,27,28). The van der Waals surface area contributed by atoms with Crippen molar-refractivity contribution in [2.24, 2.45) is 0 Å². The molecule has 1 aliphatic rings. The second-order valence-corrected chi connectivity index (χ2v) is 11.0. The summed E-state index contributed by atoms with van der Waals surface area (Å²) in [6, 6.07) is 1.88. The normalized spacial score (nSPS) is 18.2. The molecule has 0 radical (unpaired) electrons. The molecule has 0 saturated carbocycles. The number of hydrogen-bond acceptors (Lipinski definition) is 8. The Hall–Kier alpha value is -1.80. The van der Waals surface area contributed by atoms with E-state index in [1.165, 1.54) is 4.90 Å². The van der Waals surface area contributed by atoms with Gasteiger partial charge in [-0.05, 0) is 25.7 Å². The van der Waals surface area contributed by atoms with Crippen molar-refractivity contribution in [1.29, 1.82) is 0 Å². The fraction of sp³-hybridized carbons (Fsp3) is 0.647. The van der Waals surface area contributed by atoms with Crippen LogP contribution in [0.15, 0.2) is 12.3 Å². The number of likely N-dealkylation sites (tertiary alicyclic amines) is 1. The van der Waals surface area contributed by atoms with E-state index in [-0.39, 0.29) is 25.0 Å². The van der Waals surface area contributed by atoms with E-state index in [9.17, 15) is 21.4 Å². The molecule has 1 atom stereocenters. The molecule has 0 amide bonds. The number of nitrogens with zero attached hydrogens (tertiary/aromatic N) is 4. The Morgan fingerprint density at radius 3 is 2.37 bits per heavy atom. The van der Waals surface area contributed by atoms with Crippen LogP contribution in [-0.2, 0) is 20.2 Å². The van der Waals surface area contributed by atoms with Crippen molar-refractivity contribution in [3.63, 3.8) is 0 Å². The molecular weight excluding hydrogens is 434 g/mol. The van der Waals surface area contributed by atoms with Gasteiger partial charge in [0.05, 0.1) is 6.20 Å². The summed E-state index contributed by atoms with van der Waals surface area (Å²) in [4.78, 5) is 5.94. The zero-order valence-electron chi connectivity index (χ0n) is 17.1. The summed E-state index contributed by atoms with van der Waals surface area (Å²) >= 11 is 0. The van der Waals surface area contributed by atoms with Crippen LogP contribution in [0.25, 0.3) is 5.65 Å². The summed E-state index contributed by atoms with van der Waals surface area (Å²) in [6.45, 7) is 6.52. The minimum atomic E-state index is -4.67. The van der Waals surface area contributed by atoms with Crippen LogP contribution in [0.4, 0.5) is 5.82 Å². The minimum absolute atomic E-state index is 0.00858. The monoisotopic (exact) mass is 461 g/mol. The number of anilines is 1. The Bertz CT molecular complexity index is 1120. The van der Waals surface area contributed by atoms with Crippen molar-refractivity contribution in [2.75, 3.05) is 24.2 Å². The van der Waals surface area contributed by atoms with Crippen LogP contribution >= 0.6 is 0 Å². The molecule has 0 spiro atoms. The van der Waals surface area contributed by atoms with Gasteiger partial charge < -0.3 is 5.32 Å². The second kappa shape index (κ2) is 8.38. The molecule has 13 heteroatoms. The quantitative estimate of drug-likeness (QED) is 0.511. The van der Waals surface area contributed by atoms with Crippen LogP contribution in [0.2, 0.25) is 0 Å². The number of piperidine rings is 1. The van der Waals surface area contributed by atoms with Crippen molar-refractivity contribution in [3.8, 4) is 0 Å². The molecule has 1 saturated heterocycles. The maximum atomic E-state index is 11.6. The van der Waals surface area contributed by atoms with Gasteiger partial charge in [-0.15, -0.1) is 0 Å². The first-order valence-corrected chi connectivity index (χ1v) is 12.7. The Balaban J connectivity index is 1.75. The van der Waals surface area contributed by atoms with Gasteiger partial charge >= 0.3 is 0 Å². The van der Waals surface area contributed by atoms with Gasteiger partial charge in [-0.25, -0.2) is 4.98 Å². The maximum absolute atomic E-state index is 11.6. The Kier molecular flexibility index (Phi) is 6.39. The minimum Gasteiger partial charge on any atom is -0.367 e. The van der Waals surface area contributed by atoms with Crippen molar-refractivity contribution < 1.29 is 25.9 Å². The number of fused-ring (bicyclic) bond motifs is 1. The van der Waals surface area contributed by atoms with Crippen molar-refractivity contribution in [3.05, 3.63) is 23.5 Å². The van der Waals surface area contributed by atoms with Crippen molar-refractivity contribution >= 4 is 31.7 Å². The average Bonchev–Trinajstić information content (AvgIpc) is 3.03. The van der Waals surface area contributed by atoms with Crippen LogP contribution < -0.4 is 5.32 Å². The van der Waals surface area contributed by atoms with E-state index >= 15 is 0 Å². The van der Waals surface area contributed by atoms with E-state index in [2.05, 4.69) is 29.2 Å². The topological polar surface area (TPSA) is 154 Å². The molecule has 30 heavy (non-hydrogen) atoms. The number of rotatable bonds is 7. The third-order valence-electron chi connectivity index (χ3n) is 5.24. The van der Waals surface area contributed by atoms with Gasteiger partial charge in [0, 0.05) is 36.5 Å². The SMILES string of the molecule is Cc1cc(NC2CCN(C(CS(=O)(=O)O)S(=O)(=O)O)CC2)n2ncc(C(C)C)c2n1. The average molecular weight is 462 g/mol. The van der Waals surface area contributed by atoms with Gasteiger partial charge in [-0.2, -0.15) is 26.4 Å². The highest BCUT2D eigenvalue weighted by molar-refractivity contribution is 7.90. The molecule has 3 heterocycles. The molecule has 3 rings (SSSR count). The number of nitrogens with one attached hydrogen (secondary N) is 1. The summed E-state index contributed by atoms with van der Waals surface area (Å²) in [5.74, 6) is -0.0282. The zero-order chi connectivity index (χ0) is 22.3. The van der Waals surface area contributed by atoms with E-state index in [0.717, 1.165) is 22.7 Å². The van der Waals surface area contributed by atoms with Crippen LogP contribution in [0.1, 0.15) is 43.9 Å². The predicted octanol–water partition coefficient (Wildman–Crippen LogP) is 1.14. The lowest BCUT2D eigenvalue weighted by molar-refractivity contribution is 0.199. The lowest BCUT2D eigenvalue weighted by Gasteiger charge is -2.36. The molecular formula is C17H27N5O6S2. The predicted molar refractivity (Wildman–Crippen MR) is 112 cm³/mol. The van der Waals surface area contributed by atoms with Gasteiger partial charge in [-0.1, -0.05) is 13.8 Å². The molecule has 11 nitrogen and oxygen atoms in total. The van der Waals surface area contributed by atoms with Crippen LogP contribution in [-0.4, -0.2) is 75.7 Å². The lowest BCUT2D eigenvalue weighted by atomic mass is 10.1. The molecule has 3 N–H and O–H groups in total. The maximum Gasteiger partial charge on any atom is 0.282 e. The van der Waals surface area contributed by atoms with Gasteiger partial charge in [0.2, 0.25) is 0 Å². The highest BCUT2D eigenvalue weighted by Crippen LogP contribution is 2.25. The molecule has 2 aromatic rings. The van der Waals surface area contributed by atoms with E-state index < -0.39 is 31.4 Å². The first-order valence-electron chi connectivity index (χ1n) is 9.62. The largest absolute Gasteiger partial charge is 0.367 e. The Labute approximate surface area is 176 Å². The van der Waals surface area contributed by atoms with Gasteiger partial charge in [-0.3, -0.25) is 14.0 Å². The number of hydrogen-bond donors (Lipinski definition) is 3. The Morgan fingerprint density at radius 1 is 1.20 bits per heavy atom. The van der Waals surface area contributed by atoms with E-state index in [0.29, 0.717) is 12.8 Å². The fourth-order valence-electron chi connectivity index (χ4n) is 3.71. The molecule has 0 bridgehead atoms. The van der Waals surface area contributed by atoms with Crippen molar-refractivity contribution in [1.82, 2.24) is 19.5 Å². The molecule has 1 fully saturated rings. The highest BCUT2D eigenvalue weighted by Gasteiger charge is 2.36. The summed E-state index contributed by atoms with van der Waals surface area (Å²) in [7, 11) is -9.24. The Morgan fingerprint density at radius 2 is 1.83 bits per heavy atom. The van der Waals surface area contributed by atoms with Crippen LogP contribution in [0.5, 0.6) is 0 Å². The highest BCUT2D eigenvalue weighted by atomic mass is 32.2. The summed E-state index contributed by atoms with van der Waals surface area (Å²) in [6.07, 6.45) is 2.82. The van der Waals surface area contributed by atoms with E-state index in [1.807, 2.05) is 13.0 Å². The number of aryl methyl sites for hydroxylation is 1. The molecule has 0 aliphatic carbocycles. The summed E-state index contributed by atoms with van der Waals surface area (Å²) in [5.41, 5.74) is 2.66. The van der Waals surface area contributed by atoms with E-state index in [1.54, 1.807) is 10.7 Å². The summed E-state index contributed by atoms with van der Waals surface area (Å²) in [5, 5.41) is 6.16. The van der Waals surface area contributed by atoms with Gasteiger partial charge in [0.1, 0.15) is 11.6 Å². The molecule has 1 unspecified atom stereocenters. The zero-order valence-corrected chi connectivity index (χ0v) is 18.7. The lowest BCUT2D eigenvalue weighted by Crippen LogP contribution is -2.50. The van der Waals surface area contributed by atoms with Gasteiger partial charge in [0.15, 0.2) is 11.0 Å². The fourth-order valence-corrected chi connectivity index (χ4v) is 6.07. The second-order valence-electron chi connectivity index (χ2n) is 7.95. The third-order valence-corrected chi connectivity index (χ3v) is 7.34. The molecule has 1 aliphatic heterocycles. The first kappa shape index (κ1) is 22.9. The molecule has 2 aromatic heterocycles. The van der Waals surface area contributed by atoms with Gasteiger partial charge in [0.25, 0.3) is 20.2 Å². The molecule has 0 aromatic carbocycles.